The first kappa shape index (κ1) is 31.6. The van der Waals surface area contributed by atoms with E-state index >= 15 is 4.39 Å². The second kappa shape index (κ2) is 13.8. The van der Waals surface area contributed by atoms with Gasteiger partial charge in [0.2, 0.25) is 0 Å². The summed E-state index contributed by atoms with van der Waals surface area (Å²) in [7, 11) is 2.00. The van der Waals surface area contributed by atoms with Crippen LogP contribution in [0, 0.1) is 18.6 Å². The Morgan fingerprint density at radius 2 is 1.77 bits per heavy atom. The van der Waals surface area contributed by atoms with E-state index < -0.39 is 23.4 Å². The largest absolute Gasteiger partial charge is 0.396 e. The maximum absolute atomic E-state index is 15.6. The van der Waals surface area contributed by atoms with Crippen LogP contribution in [0.2, 0.25) is 5.02 Å². The molecule has 4 N–H and O–H groups in total. The minimum Gasteiger partial charge on any atom is -0.396 e. The molecule has 2 saturated heterocycles. The van der Waals surface area contributed by atoms with Crippen LogP contribution >= 0.6 is 11.6 Å². The number of benzene rings is 2. The van der Waals surface area contributed by atoms with Crippen molar-refractivity contribution in [2.24, 2.45) is 0 Å². The number of halogens is 3. The molecule has 2 aromatic carbocycles. The number of likely N-dealkylation sites (N-methyl/N-ethyl adjacent to an activating group) is 1. The summed E-state index contributed by atoms with van der Waals surface area (Å²) < 4.78 is 36.4. The Bertz CT molecular complexity index is 1520. The van der Waals surface area contributed by atoms with Gasteiger partial charge in [0.1, 0.15) is 5.69 Å². The topological polar surface area (TPSA) is 134 Å². The van der Waals surface area contributed by atoms with Gasteiger partial charge in [-0.1, -0.05) is 16.8 Å². The molecule has 2 amide bonds. The van der Waals surface area contributed by atoms with E-state index in [0.717, 1.165) is 43.8 Å². The van der Waals surface area contributed by atoms with Crippen LogP contribution in [0.3, 0.4) is 0 Å². The number of carbonyl (C=O) groups excluding carboxylic acids is 2. The normalized spacial score (nSPS) is 16.2. The lowest BCUT2D eigenvalue weighted by Gasteiger charge is -2.35. The van der Waals surface area contributed by atoms with Crippen molar-refractivity contribution in [1.29, 1.82) is 0 Å². The number of aromatic nitrogens is 3. The SMILES string of the molecule is Cc1c(F)c(N)cc(C(=O)Nc2cc(-n3cc(C(=O)NCCCN4CCOCC4)nn3)c(F)cc2N2CCN(C)CC2)c1Cl. The highest BCUT2D eigenvalue weighted by atomic mass is 35.5. The number of nitrogen functional groups attached to an aromatic ring is 1. The van der Waals surface area contributed by atoms with E-state index in [9.17, 15) is 14.0 Å². The van der Waals surface area contributed by atoms with E-state index in [1.54, 1.807) is 0 Å². The van der Waals surface area contributed by atoms with Crippen LogP contribution in [0.25, 0.3) is 5.69 Å². The molecule has 2 fully saturated rings. The maximum atomic E-state index is 15.6. The Hall–Kier alpha value is -3.85. The Kier molecular flexibility index (Phi) is 9.93. The molecule has 5 rings (SSSR count). The Morgan fingerprint density at radius 3 is 2.50 bits per heavy atom. The average Bonchev–Trinajstić information content (AvgIpc) is 3.52. The van der Waals surface area contributed by atoms with Crippen molar-refractivity contribution < 1.29 is 23.1 Å². The molecule has 0 saturated carbocycles. The number of anilines is 3. The van der Waals surface area contributed by atoms with Gasteiger partial charge < -0.3 is 30.9 Å². The summed E-state index contributed by atoms with van der Waals surface area (Å²) in [6.45, 7) is 8.55. The predicted molar refractivity (Wildman–Crippen MR) is 164 cm³/mol. The van der Waals surface area contributed by atoms with Crippen molar-refractivity contribution in [2.75, 3.05) is 88.6 Å². The number of hydrogen-bond acceptors (Lipinski definition) is 9. The van der Waals surface area contributed by atoms with Gasteiger partial charge >= 0.3 is 0 Å². The number of nitrogens with zero attached hydrogens (tertiary/aromatic N) is 6. The molecule has 0 radical (unpaired) electrons. The smallest absolute Gasteiger partial charge is 0.273 e. The van der Waals surface area contributed by atoms with E-state index in [-0.39, 0.29) is 38.9 Å². The van der Waals surface area contributed by atoms with Crippen LogP contribution in [0.5, 0.6) is 0 Å². The molecule has 15 heteroatoms. The molecule has 3 aromatic rings. The van der Waals surface area contributed by atoms with Gasteiger partial charge in [-0.15, -0.1) is 5.10 Å². The van der Waals surface area contributed by atoms with Crippen molar-refractivity contribution >= 4 is 40.5 Å². The quantitative estimate of drug-likeness (QED) is 0.241. The highest BCUT2D eigenvalue weighted by Gasteiger charge is 2.24. The van der Waals surface area contributed by atoms with E-state index in [4.69, 9.17) is 22.1 Å². The lowest BCUT2D eigenvalue weighted by Crippen LogP contribution is -2.44. The van der Waals surface area contributed by atoms with Crippen LogP contribution in [0.15, 0.2) is 24.4 Å². The van der Waals surface area contributed by atoms with Gasteiger partial charge in [0.15, 0.2) is 17.3 Å². The maximum Gasteiger partial charge on any atom is 0.273 e. The summed E-state index contributed by atoms with van der Waals surface area (Å²) in [5, 5.41) is 13.5. The Labute approximate surface area is 259 Å². The van der Waals surface area contributed by atoms with Gasteiger partial charge in [-0.25, -0.2) is 13.5 Å². The Balaban J connectivity index is 1.37. The summed E-state index contributed by atoms with van der Waals surface area (Å²) in [6, 6.07) is 3.91. The molecule has 12 nitrogen and oxygen atoms in total. The summed E-state index contributed by atoms with van der Waals surface area (Å²) in [5.41, 5.74) is 6.29. The second-order valence-corrected chi connectivity index (χ2v) is 11.3. The number of piperazine rings is 1. The lowest BCUT2D eigenvalue weighted by atomic mass is 10.1. The molecule has 2 aliphatic heterocycles. The third-order valence-corrected chi connectivity index (χ3v) is 8.35. The third-order valence-electron chi connectivity index (χ3n) is 7.86. The van der Waals surface area contributed by atoms with Crippen molar-refractivity contribution in [3.63, 3.8) is 0 Å². The fraction of sp³-hybridized carbons (Fsp3) is 0.448. The first-order valence-corrected chi connectivity index (χ1v) is 14.8. The van der Waals surface area contributed by atoms with Crippen molar-refractivity contribution in [3.05, 3.63) is 57.9 Å². The first-order chi connectivity index (χ1) is 21.1. The highest BCUT2D eigenvalue weighted by molar-refractivity contribution is 6.35. The summed E-state index contributed by atoms with van der Waals surface area (Å²) >= 11 is 6.31. The molecular formula is C29H36ClF2N9O3. The van der Waals surface area contributed by atoms with Crippen LogP contribution in [0.4, 0.5) is 25.8 Å². The molecule has 44 heavy (non-hydrogen) atoms. The molecule has 0 unspecified atom stereocenters. The molecule has 2 aliphatic rings. The number of hydrogen-bond donors (Lipinski definition) is 3. The van der Waals surface area contributed by atoms with Crippen LogP contribution in [-0.4, -0.2) is 109 Å². The van der Waals surface area contributed by atoms with E-state index in [1.807, 2.05) is 11.9 Å². The number of nitrogens with two attached hydrogens (primary N) is 1. The summed E-state index contributed by atoms with van der Waals surface area (Å²) in [5.74, 6) is -2.40. The van der Waals surface area contributed by atoms with Gasteiger partial charge in [-0.3, -0.25) is 14.5 Å². The number of amides is 2. The fourth-order valence-corrected chi connectivity index (χ4v) is 5.42. The van der Waals surface area contributed by atoms with Gasteiger partial charge in [0.05, 0.1) is 47.1 Å². The zero-order valence-corrected chi connectivity index (χ0v) is 25.5. The number of nitrogens with one attached hydrogen (secondary N) is 2. The standard InChI is InChI=1S/C29H36ClF2N9O3/c1-18-26(30)19(14-21(33)27(18)32)28(42)35-22-16-24(20(31)15-25(22)40-8-6-38(2)7-9-40)41-17-23(36-37-41)29(43)34-4-3-5-39-10-12-44-13-11-39/h14-17H,3-13,33H2,1-2H3,(H,34,43)(H,35,42). The second-order valence-electron chi connectivity index (χ2n) is 10.9. The molecule has 1 aromatic heterocycles. The van der Waals surface area contributed by atoms with E-state index in [0.29, 0.717) is 38.5 Å². The van der Waals surface area contributed by atoms with Crippen LogP contribution in [-0.2, 0) is 4.74 Å². The molecule has 3 heterocycles. The number of carbonyl (C=O) groups is 2. The summed E-state index contributed by atoms with van der Waals surface area (Å²) in [6.07, 6.45) is 2.09. The monoisotopic (exact) mass is 631 g/mol. The van der Waals surface area contributed by atoms with Gasteiger partial charge in [-0.05, 0) is 39.1 Å². The molecule has 0 aliphatic carbocycles. The van der Waals surface area contributed by atoms with E-state index in [2.05, 4.69) is 30.7 Å². The third kappa shape index (κ3) is 7.09. The first-order valence-electron chi connectivity index (χ1n) is 14.5. The molecular weight excluding hydrogens is 596 g/mol. The van der Waals surface area contributed by atoms with Crippen molar-refractivity contribution in [1.82, 2.24) is 30.1 Å². The molecule has 0 atom stereocenters. The molecule has 0 bridgehead atoms. The lowest BCUT2D eigenvalue weighted by molar-refractivity contribution is 0.0374. The zero-order valence-electron chi connectivity index (χ0n) is 24.7. The van der Waals surface area contributed by atoms with Gasteiger partial charge in [0.25, 0.3) is 11.8 Å². The molecule has 236 valence electrons. The fourth-order valence-electron chi connectivity index (χ4n) is 5.19. The number of ether oxygens (including phenoxy) is 1. The van der Waals surface area contributed by atoms with Crippen LogP contribution in [0.1, 0.15) is 32.8 Å². The molecule has 0 spiro atoms. The zero-order chi connectivity index (χ0) is 31.4. The average molecular weight is 632 g/mol. The van der Waals surface area contributed by atoms with Gasteiger partial charge in [-0.2, -0.15) is 0 Å². The van der Waals surface area contributed by atoms with Gasteiger partial charge in [0, 0.05) is 57.4 Å². The highest BCUT2D eigenvalue weighted by Crippen LogP contribution is 2.34. The van der Waals surface area contributed by atoms with E-state index in [1.165, 1.54) is 31.3 Å². The van der Waals surface area contributed by atoms with Crippen molar-refractivity contribution in [2.45, 2.75) is 13.3 Å². The number of rotatable bonds is 9. The van der Waals surface area contributed by atoms with Crippen molar-refractivity contribution in [3.8, 4) is 5.69 Å². The number of morpholine rings is 1. The summed E-state index contributed by atoms with van der Waals surface area (Å²) in [4.78, 5) is 32.5. The minimum atomic E-state index is -0.697. The predicted octanol–water partition coefficient (Wildman–Crippen LogP) is 2.55. The minimum absolute atomic E-state index is 0.0217. The van der Waals surface area contributed by atoms with Crippen LogP contribution < -0.4 is 21.3 Å². The Morgan fingerprint density at radius 1 is 1.05 bits per heavy atom.